The molecule has 1 rings (SSSR count). The average molecular weight is 204 g/mol. The van der Waals surface area contributed by atoms with Crippen LogP contribution < -0.4 is 11.1 Å². The van der Waals surface area contributed by atoms with Gasteiger partial charge in [-0.1, -0.05) is 0 Å². The van der Waals surface area contributed by atoms with Crippen molar-refractivity contribution in [2.75, 3.05) is 26.9 Å². The Morgan fingerprint density at radius 3 is 3.00 bits per heavy atom. The summed E-state index contributed by atoms with van der Waals surface area (Å²) in [7, 11) is 1.44. The fourth-order valence-corrected chi connectivity index (χ4v) is 1.28. The second-order valence-corrected chi connectivity index (χ2v) is 3.26. The lowest BCUT2D eigenvalue weighted by atomic mass is 10.1. The number of hydrogen-bond donors (Lipinski definition) is 3. The molecule has 0 aromatic heterocycles. The Labute approximate surface area is 82.4 Å². The third kappa shape index (κ3) is 2.91. The molecular weight excluding hydrogens is 188 g/mol. The van der Waals surface area contributed by atoms with Crippen molar-refractivity contribution in [2.45, 2.75) is 18.2 Å². The number of methoxy groups -OCH3 is 1. The summed E-state index contributed by atoms with van der Waals surface area (Å²) in [5, 5.41) is 12.0. The molecule has 82 valence electrons. The first kappa shape index (κ1) is 11.4. The summed E-state index contributed by atoms with van der Waals surface area (Å²) in [4.78, 5) is 11.0. The van der Waals surface area contributed by atoms with Gasteiger partial charge in [-0.3, -0.25) is 4.79 Å². The van der Waals surface area contributed by atoms with Crippen LogP contribution in [0.5, 0.6) is 0 Å². The van der Waals surface area contributed by atoms with Gasteiger partial charge in [0, 0.05) is 13.7 Å². The van der Waals surface area contributed by atoms with Gasteiger partial charge < -0.3 is 25.6 Å². The maximum Gasteiger partial charge on any atom is 0.246 e. The van der Waals surface area contributed by atoms with Gasteiger partial charge in [0.15, 0.2) is 0 Å². The van der Waals surface area contributed by atoms with Gasteiger partial charge in [0.2, 0.25) is 5.91 Å². The number of rotatable bonds is 4. The van der Waals surface area contributed by atoms with E-state index in [9.17, 15) is 9.90 Å². The molecule has 0 aromatic rings. The largest absolute Gasteiger partial charge is 0.389 e. The molecule has 0 saturated carbocycles. The molecule has 1 aliphatic heterocycles. The number of nitrogens with two attached hydrogens (primary N) is 1. The summed E-state index contributed by atoms with van der Waals surface area (Å²) in [6, 6.07) is -0.362. The second-order valence-electron chi connectivity index (χ2n) is 3.26. The molecular formula is C8H16N2O4. The quantitative estimate of drug-likeness (QED) is 0.485. The number of aliphatic hydroxyl groups is 1. The molecule has 1 saturated heterocycles. The summed E-state index contributed by atoms with van der Waals surface area (Å²) in [6.45, 7) is 0.595. The van der Waals surface area contributed by atoms with Crippen LogP contribution in [-0.4, -0.2) is 56.1 Å². The highest BCUT2D eigenvalue weighted by atomic mass is 16.5. The molecule has 0 bridgehead atoms. The maximum absolute atomic E-state index is 11.0. The Kier molecular flexibility index (Phi) is 4.27. The van der Waals surface area contributed by atoms with Crippen molar-refractivity contribution >= 4 is 5.91 Å². The van der Waals surface area contributed by atoms with Crippen LogP contribution in [0.2, 0.25) is 0 Å². The first-order valence-electron chi connectivity index (χ1n) is 4.46. The van der Waals surface area contributed by atoms with Gasteiger partial charge in [-0.2, -0.15) is 0 Å². The van der Waals surface area contributed by atoms with E-state index in [0.717, 1.165) is 0 Å². The predicted molar refractivity (Wildman–Crippen MR) is 48.6 cm³/mol. The summed E-state index contributed by atoms with van der Waals surface area (Å²) in [5.41, 5.74) is 5.52. The Morgan fingerprint density at radius 1 is 1.79 bits per heavy atom. The molecule has 1 fully saturated rings. The molecule has 1 heterocycles. The molecule has 6 nitrogen and oxygen atoms in total. The molecule has 0 unspecified atom stereocenters. The zero-order valence-corrected chi connectivity index (χ0v) is 8.10. The standard InChI is InChI=1S/C8H16N2O4/c1-13-4-7(11)10-2-6-8(12)5(9)3-14-6/h5-6,8,12H,2-4,9H2,1H3,(H,10,11)/t5-,6-,8+/m0/s1. The van der Waals surface area contributed by atoms with E-state index < -0.39 is 12.2 Å². The SMILES string of the molecule is COCC(=O)NC[C@@H]1OC[C@H](N)[C@H]1O. The zero-order chi connectivity index (χ0) is 10.6. The van der Waals surface area contributed by atoms with Gasteiger partial charge in [-0.15, -0.1) is 0 Å². The molecule has 6 heteroatoms. The van der Waals surface area contributed by atoms with Crippen LogP contribution in [0.1, 0.15) is 0 Å². The van der Waals surface area contributed by atoms with Crippen LogP contribution in [0, 0.1) is 0 Å². The minimum absolute atomic E-state index is 0.00880. The van der Waals surface area contributed by atoms with E-state index in [2.05, 4.69) is 10.1 Å². The highest BCUT2D eigenvalue weighted by molar-refractivity contribution is 5.77. The van der Waals surface area contributed by atoms with Crippen LogP contribution in [-0.2, 0) is 14.3 Å². The van der Waals surface area contributed by atoms with Gasteiger partial charge in [0.05, 0.1) is 18.8 Å². The molecule has 0 aliphatic carbocycles. The molecule has 1 amide bonds. The van der Waals surface area contributed by atoms with Gasteiger partial charge in [0.1, 0.15) is 12.7 Å². The summed E-state index contributed by atoms with van der Waals surface area (Å²) in [6.07, 6.45) is -1.12. The lowest BCUT2D eigenvalue weighted by Gasteiger charge is -2.15. The third-order valence-corrected chi connectivity index (χ3v) is 2.10. The fourth-order valence-electron chi connectivity index (χ4n) is 1.28. The van der Waals surface area contributed by atoms with E-state index >= 15 is 0 Å². The van der Waals surface area contributed by atoms with E-state index in [1.165, 1.54) is 7.11 Å². The van der Waals surface area contributed by atoms with Crippen LogP contribution in [0.15, 0.2) is 0 Å². The predicted octanol–water partition coefficient (Wildman–Crippen LogP) is -2.16. The Morgan fingerprint density at radius 2 is 2.50 bits per heavy atom. The zero-order valence-electron chi connectivity index (χ0n) is 8.10. The first-order valence-corrected chi connectivity index (χ1v) is 4.46. The van der Waals surface area contributed by atoms with Crippen molar-refractivity contribution in [1.82, 2.24) is 5.32 Å². The van der Waals surface area contributed by atoms with Crippen LogP contribution in [0.4, 0.5) is 0 Å². The number of ether oxygens (including phenoxy) is 2. The van der Waals surface area contributed by atoms with Crippen molar-refractivity contribution in [3.05, 3.63) is 0 Å². The maximum atomic E-state index is 11.0. The fraction of sp³-hybridized carbons (Fsp3) is 0.875. The minimum Gasteiger partial charge on any atom is -0.389 e. The number of aliphatic hydroxyl groups excluding tert-OH is 1. The van der Waals surface area contributed by atoms with E-state index in [1.54, 1.807) is 0 Å². The number of carbonyl (C=O) groups is 1. The average Bonchev–Trinajstić information content (AvgIpc) is 2.46. The summed E-state index contributed by atoms with van der Waals surface area (Å²) < 4.78 is 9.80. The summed E-state index contributed by atoms with van der Waals surface area (Å²) in [5.74, 6) is -0.233. The lowest BCUT2D eigenvalue weighted by molar-refractivity contribution is -0.125. The van der Waals surface area contributed by atoms with Gasteiger partial charge >= 0.3 is 0 Å². The van der Waals surface area contributed by atoms with Gasteiger partial charge in [0.25, 0.3) is 0 Å². The monoisotopic (exact) mass is 204 g/mol. The molecule has 4 N–H and O–H groups in total. The molecule has 0 aromatic carbocycles. The molecule has 0 radical (unpaired) electrons. The number of nitrogens with one attached hydrogen (secondary N) is 1. The molecule has 14 heavy (non-hydrogen) atoms. The molecule has 1 aliphatic rings. The summed E-state index contributed by atoms with van der Waals surface area (Å²) >= 11 is 0. The van der Waals surface area contributed by atoms with E-state index in [1.807, 2.05) is 0 Å². The van der Waals surface area contributed by atoms with Crippen molar-refractivity contribution in [1.29, 1.82) is 0 Å². The van der Waals surface area contributed by atoms with Crippen molar-refractivity contribution in [3.63, 3.8) is 0 Å². The van der Waals surface area contributed by atoms with Crippen molar-refractivity contribution in [3.8, 4) is 0 Å². The van der Waals surface area contributed by atoms with Crippen LogP contribution in [0.3, 0.4) is 0 Å². The normalized spacial score (nSPS) is 31.8. The minimum atomic E-state index is -0.710. The van der Waals surface area contributed by atoms with Gasteiger partial charge in [-0.25, -0.2) is 0 Å². The van der Waals surface area contributed by atoms with Crippen molar-refractivity contribution in [2.24, 2.45) is 5.73 Å². The highest BCUT2D eigenvalue weighted by Crippen LogP contribution is 2.11. The van der Waals surface area contributed by atoms with E-state index in [-0.39, 0.29) is 25.1 Å². The smallest absolute Gasteiger partial charge is 0.246 e. The van der Waals surface area contributed by atoms with E-state index in [4.69, 9.17) is 10.5 Å². The number of hydrogen-bond acceptors (Lipinski definition) is 5. The highest BCUT2D eigenvalue weighted by Gasteiger charge is 2.33. The Balaban J connectivity index is 2.22. The van der Waals surface area contributed by atoms with Crippen LogP contribution in [0.25, 0.3) is 0 Å². The van der Waals surface area contributed by atoms with Crippen molar-refractivity contribution < 1.29 is 19.4 Å². The van der Waals surface area contributed by atoms with Gasteiger partial charge in [-0.05, 0) is 0 Å². The number of amides is 1. The second kappa shape index (κ2) is 5.26. The molecule has 3 atom stereocenters. The van der Waals surface area contributed by atoms with Crippen LogP contribution >= 0.6 is 0 Å². The van der Waals surface area contributed by atoms with E-state index in [0.29, 0.717) is 6.61 Å². The molecule has 0 spiro atoms. The Hall–Kier alpha value is -0.690. The lowest BCUT2D eigenvalue weighted by Crippen LogP contribution is -2.43. The third-order valence-electron chi connectivity index (χ3n) is 2.10. The first-order chi connectivity index (χ1) is 6.65. The Bertz CT molecular complexity index is 200. The topological polar surface area (TPSA) is 93.8 Å². The number of carbonyl (C=O) groups excluding carboxylic acids is 1.